The van der Waals surface area contributed by atoms with E-state index in [2.05, 4.69) is 5.10 Å². The largest absolute Gasteiger partial charge is 0.330 e. The zero-order chi connectivity index (χ0) is 9.26. The summed E-state index contributed by atoms with van der Waals surface area (Å²) in [5, 5.41) is 4.95. The van der Waals surface area contributed by atoms with Gasteiger partial charge in [-0.15, -0.1) is 0 Å². The molecule has 1 heterocycles. The Bertz CT molecular complexity index is 284. The zero-order valence-corrected chi connectivity index (χ0v) is 8.24. The van der Waals surface area contributed by atoms with Crippen molar-refractivity contribution >= 4 is 11.6 Å². The maximum Gasteiger partial charge on any atom is 0.127 e. The first-order valence-electron chi connectivity index (χ1n) is 4.70. The molecule has 1 aromatic rings. The van der Waals surface area contributed by atoms with Gasteiger partial charge in [-0.25, -0.2) is 0 Å². The molecule has 2 rings (SSSR count). The van der Waals surface area contributed by atoms with Crippen LogP contribution < -0.4 is 5.73 Å². The average molecular weight is 200 g/mol. The number of hydrogen-bond donors (Lipinski definition) is 1. The standard InChI is InChI=1S/C9H14ClN3/c10-9-3-4-12-13(9)8-2-1-7(5-8)6-11/h3-4,7-8H,1-2,5-6,11H2. The van der Waals surface area contributed by atoms with Crippen LogP contribution in [0.1, 0.15) is 25.3 Å². The molecule has 0 radical (unpaired) electrons. The van der Waals surface area contributed by atoms with E-state index in [0.29, 0.717) is 12.0 Å². The van der Waals surface area contributed by atoms with E-state index in [1.807, 2.05) is 10.7 Å². The van der Waals surface area contributed by atoms with Gasteiger partial charge in [0.2, 0.25) is 0 Å². The Labute approximate surface area is 82.9 Å². The fourth-order valence-corrected chi connectivity index (χ4v) is 2.29. The molecule has 1 aliphatic rings. The van der Waals surface area contributed by atoms with Gasteiger partial charge < -0.3 is 5.73 Å². The summed E-state index contributed by atoms with van der Waals surface area (Å²) in [7, 11) is 0. The molecule has 2 N–H and O–H groups in total. The highest BCUT2D eigenvalue weighted by atomic mass is 35.5. The summed E-state index contributed by atoms with van der Waals surface area (Å²) in [5.74, 6) is 0.658. The number of hydrogen-bond acceptors (Lipinski definition) is 2. The molecule has 13 heavy (non-hydrogen) atoms. The van der Waals surface area contributed by atoms with Gasteiger partial charge in [0.1, 0.15) is 5.15 Å². The Kier molecular flexibility index (Phi) is 2.56. The minimum absolute atomic E-state index is 0.469. The first-order chi connectivity index (χ1) is 6.31. The maximum atomic E-state index is 5.98. The molecule has 3 nitrogen and oxygen atoms in total. The van der Waals surface area contributed by atoms with Crippen LogP contribution in [0.2, 0.25) is 5.15 Å². The molecule has 1 fully saturated rings. The van der Waals surface area contributed by atoms with Crippen molar-refractivity contribution < 1.29 is 0 Å². The van der Waals surface area contributed by atoms with Gasteiger partial charge in [0, 0.05) is 0 Å². The Morgan fingerprint density at radius 3 is 3.00 bits per heavy atom. The Hall–Kier alpha value is -0.540. The third kappa shape index (κ3) is 1.71. The van der Waals surface area contributed by atoms with Crippen LogP contribution in [0.3, 0.4) is 0 Å². The Balaban J connectivity index is 2.08. The summed E-state index contributed by atoms with van der Waals surface area (Å²) < 4.78 is 1.91. The first kappa shape index (κ1) is 9.03. The van der Waals surface area contributed by atoms with Crippen LogP contribution in [0.4, 0.5) is 0 Å². The summed E-state index contributed by atoms with van der Waals surface area (Å²) in [6, 6.07) is 2.30. The van der Waals surface area contributed by atoms with Crippen molar-refractivity contribution in [3.8, 4) is 0 Å². The number of nitrogens with zero attached hydrogens (tertiary/aromatic N) is 2. The van der Waals surface area contributed by atoms with Gasteiger partial charge >= 0.3 is 0 Å². The second-order valence-electron chi connectivity index (χ2n) is 3.67. The van der Waals surface area contributed by atoms with E-state index in [4.69, 9.17) is 17.3 Å². The molecule has 2 atom stereocenters. The minimum atomic E-state index is 0.469. The number of rotatable bonds is 2. The lowest BCUT2D eigenvalue weighted by atomic mass is 10.1. The van der Waals surface area contributed by atoms with Crippen LogP contribution in [-0.4, -0.2) is 16.3 Å². The highest BCUT2D eigenvalue weighted by Gasteiger charge is 2.26. The molecule has 0 saturated heterocycles. The van der Waals surface area contributed by atoms with Crippen LogP contribution in [0.25, 0.3) is 0 Å². The van der Waals surface area contributed by atoms with Crippen molar-refractivity contribution in [1.29, 1.82) is 0 Å². The van der Waals surface area contributed by atoms with Crippen molar-refractivity contribution in [1.82, 2.24) is 9.78 Å². The molecular weight excluding hydrogens is 186 g/mol. The van der Waals surface area contributed by atoms with Crippen LogP contribution in [0.15, 0.2) is 12.3 Å². The van der Waals surface area contributed by atoms with Gasteiger partial charge in [0.05, 0.1) is 12.2 Å². The van der Waals surface area contributed by atoms with Gasteiger partial charge in [-0.05, 0) is 37.8 Å². The molecule has 0 bridgehead atoms. The van der Waals surface area contributed by atoms with Crippen molar-refractivity contribution in [2.24, 2.45) is 11.7 Å². The van der Waals surface area contributed by atoms with Crippen LogP contribution in [0, 0.1) is 5.92 Å². The van der Waals surface area contributed by atoms with Crippen molar-refractivity contribution in [2.45, 2.75) is 25.3 Å². The minimum Gasteiger partial charge on any atom is -0.330 e. The molecule has 2 unspecified atom stereocenters. The van der Waals surface area contributed by atoms with E-state index in [1.165, 1.54) is 6.42 Å². The summed E-state index contributed by atoms with van der Waals surface area (Å²) in [6.45, 7) is 0.787. The molecule has 1 saturated carbocycles. The highest BCUT2D eigenvalue weighted by Crippen LogP contribution is 2.34. The van der Waals surface area contributed by atoms with Gasteiger partial charge in [-0.3, -0.25) is 4.68 Å². The van der Waals surface area contributed by atoms with E-state index >= 15 is 0 Å². The Morgan fingerprint density at radius 2 is 2.46 bits per heavy atom. The molecule has 1 aromatic heterocycles. The molecule has 0 amide bonds. The molecule has 1 aliphatic carbocycles. The van der Waals surface area contributed by atoms with Gasteiger partial charge in [0.15, 0.2) is 0 Å². The fraction of sp³-hybridized carbons (Fsp3) is 0.667. The SMILES string of the molecule is NCC1CCC(n2nccc2Cl)C1. The smallest absolute Gasteiger partial charge is 0.127 e. The van der Waals surface area contributed by atoms with Crippen LogP contribution in [0.5, 0.6) is 0 Å². The number of aromatic nitrogens is 2. The van der Waals surface area contributed by atoms with Crippen LogP contribution in [-0.2, 0) is 0 Å². The van der Waals surface area contributed by atoms with E-state index in [-0.39, 0.29) is 0 Å². The first-order valence-corrected chi connectivity index (χ1v) is 5.08. The topological polar surface area (TPSA) is 43.8 Å². The maximum absolute atomic E-state index is 5.98. The Morgan fingerprint density at radius 1 is 1.62 bits per heavy atom. The summed E-state index contributed by atoms with van der Waals surface area (Å²) in [5.41, 5.74) is 5.62. The zero-order valence-electron chi connectivity index (χ0n) is 7.49. The monoisotopic (exact) mass is 199 g/mol. The third-order valence-corrected chi connectivity index (χ3v) is 3.11. The van der Waals surface area contributed by atoms with E-state index < -0.39 is 0 Å². The van der Waals surface area contributed by atoms with Gasteiger partial charge in [0.25, 0.3) is 0 Å². The number of halogens is 1. The predicted octanol–water partition coefficient (Wildman–Crippen LogP) is 1.84. The second kappa shape index (κ2) is 3.68. The normalized spacial score (nSPS) is 28.2. The third-order valence-electron chi connectivity index (χ3n) is 2.81. The van der Waals surface area contributed by atoms with Crippen molar-refractivity contribution in [3.63, 3.8) is 0 Å². The number of nitrogens with two attached hydrogens (primary N) is 1. The molecule has 4 heteroatoms. The van der Waals surface area contributed by atoms with Crippen LogP contribution >= 0.6 is 11.6 Å². The summed E-state index contributed by atoms with van der Waals surface area (Å²) >= 11 is 5.98. The lowest BCUT2D eigenvalue weighted by molar-refractivity contribution is 0.444. The van der Waals surface area contributed by atoms with E-state index in [9.17, 15) is 0 Å². The summed E-state index contributed by atoms with van der Waals surface area (Å²) in [6.07, 6.45) is 5.23. The average Bonchev–Trinajstić information content (AvgIpc) is 2.71. The lowest BCUT2D eigenvalue weighted by Gasteiger charge is -2.11. The lowest BCUT2D eigenvalue weighted by Crippen LogP contribution is -2.12. The second-order valence-corrected chi connectivity index (χ2v) is 4.05. The van der Waals surface area contributed by atoms with Crippen molar-refractivity contribution in [3.05, 3.63) is 17.4 Å². The molecule has 0 aliphatic heterocycles. The fourth-order valence-electron chi connectivity index (χ4n) is 2.05. The molecular formula is C9H14ClN3. The molecule has 72 valence electrons. The van der Waals surface area contributed by atoms with Crippen molar-refractivity contribution in [2.75, 3.05) is 6.54 Å². The highest BCUT2D eigenvalue weighted by molar-refractivity contribution is 6.29. The predicted molar refractivity (Wildman–Crippen MR) is 52.7 cm³/mol. The molecule has 0 aromatic carbocycles. The quantitative estimate of drug-likeness (QED) is 0.790. The summed E-state index contributed by atoms with van der Waals surface area (Å²) in [4.78, 5) is 0. The molecule has 0 spiro atoms. The van der Waals surface area contributed by atoms with E-state index in [1.54, 1.807) is 6.20 Å². The van der Waals surface area contributed by atoms with E-state index in [0.717, 1.165) is 24.5 Å². The van der Waals surface area contributed by atoms with Gasteiger partial charge in [-0.1, -0.05) is 11.6 Å². The van der Waals surface area contributed by atoms with Gasteiger partial charge in [-0.2, -0.15) is 5.10 Å².